The van der Waals surface area contributed by atoms with E-state index < -0.39 is 0 Å². The van der Waals surface area contributed by atoms with Crippen molar-refractivity contribution in [2.75, 3.05) is 5.32 Å². The molecule has 1 aliphatic rings. The standard InChI is InChI=1S/C13H14N2O2S/c1-7-5-10(8(2)17-7)12(16)15-13-14-11(6-18-13)9-3-4-9/h5-6,9H,3-4H2,1-2H3,(H,14,15,16). The molecule has 5 heteroatoms. The maximum absolute atomic E-state index is 12.0. The predicted molar refractivity (Wildman–Crippen MR) is 70.2 cm³/mol. The monoisotopic (exact) mass is 262 g/mol. The molecule has 0 spiro atoms. The van der Waals surface area contributed by atoms with Crippen LogP contribution in [0.1, 0.15) is 46.3 Å². The third-order valence-corrected chi connectivity index (χ3v) is 3.80. The summed E-state index contributed by atoms with van der Waals surface area (Å²) in [5.74, 6) is 1.85. The van der Waals surface area contributed by atoms with Crippen molar-refractivity contribution < 1.29 is 9.21 Å². The Morgan fingerprint density at radius 1 is 1.50 bits per heavy atom. The van der Waals surface area contributed by atoms with Crippen LogP contribution in [0.5, 0.6) is 0 Å². The maximum atomic E-state index is 12.0. The van der Waals surface area contributed by atoms with E-state index in [1.165, 1.54) is 24.2 Å². The number of hydrogen-bond donors (Lipinski definition) is 1. The van der Waals surface area contributed by atoms with E-state index >= 15 is 0 Å². The molecule has 0 aromatic carbocycles. The normalized spacial score (nSPS) is 14.8. The van der Waals surface area contributed by atoms with Gasteiger partial charge in [-0.2, -0.15) is 0 Å². The number of aryl methyl sites for hydroxylation is 2. The summed E-state index contributed by atoms with van der Waals surface area (Å²) in [6, 6.07) is 1.75. The van der Waals surface area contributed by atoms with Crippen molar-refractivity contribution in [1.29, 1.82) is 0 Å². The smallest absolute Gasteiger partial charge is 0.260 e. The van der Waals surface area contributed by atoms with Crippen LogP contribution in [-0.2, 0) is 0 Å². The summed E-state index contributed by atoms with van der Waals surface area (Å²) in [6.45, 7) is 3.62. The first kappa shape index (κ1) is 11.5. The average molecular weight is 262 g/mol. The molecule has 0 saturated heterocycles. The lowest BCUT2D eigenvalue weighted by Gasteiger charge is -1.99. The van der Waals surface area contributed by atoms with E-state index in [2.05, 4.69) is 10.3 Å². The molecule has 94 valence electrons. The number of carbonyl (C=O) groups excluding carboxylic acids is 1. The van der Waals surface area contributed by atoms with Gasteiger partial charge in [-0.15, -0.1) is 11.3 Å². The van der Waals surface area contributed by atoms with Gasteiger partial charge in [-0.25, -0.2) is 4.98 Å². The highest BCUT2D eigenvalue weighted by Gasteiger charge is 2.26. The summed E-state index contributed by atoms with van der Waals surface area (Å²) >= 11 is 1.48. The maximum Gasteiger partial charge on any atom is 0.260 e. The number of nitrogens with zero attached hydrogens (tertiary/aromatic N) is 1. The number of hydrogen-bond acceptors (Lipinski definition) is 4. The second kappa shape index (κ2) is 4.24. The minimum atomic E-state index is -0.152. The minimum Gasteiger partial charge on any atom is -0.466 e. The molecule has 0 bridgehead atoms. The van der Waals surface area contributed by atoms with Crippen molar-refractivity contribution in [3.05, 3.63) is 34.2 Å². The van der Waals surface area contributed by atoms with Crippen LogP contribution in [0.2, 0.25) is 0 Å². The zero-order valence-electron chi connectivity index (χ0n) is 10.3. The fraction of sp³-hybridized carbons (Fsp3) is 0.385. The van der Waals surface area contributed by atoms with Crippen molar-refractivity contribution in [1.82, 2.24) is 4.98 Å². The van der Waals surface area contributed by atoms with Crippen LogP contribution in [0.3, 0.4) is 0 Å². The molecular weight excluding hydrogens is 248 g/mol. The largest absolute Gasteiger partial charge is 0.466 e. The molecule has 0 radical (unpaired) electrons. The van der Waals surface area contributed by atoms with Gasteiger partial charge in [0.15, 0.2) is 5.13 Å². The van der Waals surface area contributed by atoms with Gasteiger partial charge < -0.3 is 4.42 Å². The molecule has 0 unspecified atom stereocenters. The van der Waals surface area contributed by atoms with Crippen LogP contribution in [0.4, 0.5) is 5.13 Å². The lowest BCUT2D eigenvalue weighted by molar-refractivity contribution is 0.102. The summed E-state index contributed by atoms with van der Waals surface area (Å²) in [6.07, 6.45) is 2.44. The van der Waals surface area contributed by atoms with Crippen molar-refractivity contribution in [2.45, 2.75) is 32.6 Å². The van der Waals surface area contributed by atoms with E-state index in [0.29, 0.717) is 22.4 Å². The van der Waals surface area contributed by atoms with Crippen LogP contribution in [0, 0.1) is 13.8 Å². The van der Waals surface area contributed by atoms with Gasteiger partial charge >= 0.3 is 0 Å². The first-order valence-corrected chi connectivity index (χ1v) is 6.85. The molecule has 4 nitrogen and oxygen atoms in total. The Morgan fingerprint density at radius 3 is 2.89 bits per heavy atom. The van der Waals surface area contributed by atoms with Gasteiger partial charge in [-0.3, -0.25) is 10.1 Å². The van der Waals surface area contributed by atoms with Gasteiger partial charge in [0.05, 0.1) is 11.3 Å². The highest BCUT2D eigenvalue weighted by molar-refractivity contribution is 7.14. The van der Waals surface area contributed by atoms with Crippen molar-refractivity contribution in [3.8, 4) is 0 Å². The Bertz CT molecular complexity index is 596. The molecule has 1 N–H and O–H groups in total. The second-order valence-corrected chi connectivity index (χ2v) is 5.49. The molecule has 1 aliphatic carbocycles. The lowest BCUT2D eigenvalue weighted by Crippen LogP contribution is -2.11. The lowest BCUT2D eigenvalue weighted by atomic mass is 10.2. The molecule has 2 heterocycles. The zero-order valence-corrected chi connectivity index (χ0v) is 11.1. The second-order valence-electron chi connectivity index (χ2n) is 4.63. The zero-order chi connectivity index (χ0) is 12.7. The molecule has 2 aromatic heterocycles. The molecule has 3 rings (SSSR count). The SMILES string of the molecule is Cc1cc(C(=O)Nc2nc(C3CC3)cs2)c(C)o1. The van der Waals surface area contributed by atoms with Crippen LogP contribution in [0.25, 0.3) is 0 Å². The van der Waals surface area contributed by atoms with E-state index in [9.17, 15) is 4.79 Å². The van der Waals surface area contributed by atoms with Crippen LogP contribution >= 0.6 is 11.3 Å². The number of thiazole rings is 1. The van der Waals surface area contributed by atoms with Crippen molar-refractivity contribution in [3.63, 3.8) is 0 Å². The van der Waals surface area contributed by atoms with Gasteiger partial charge in [0.1, 0.15) is 11.5 Å². The topological polar surface area (TPSA) is 55.1 Å². The molecule has 1 fully saturated rings. The summed E-state index contributed by atoms with van der Waals surface area (Å²) in [5, 5.41) is 5.52. The van der Waals surface area contributed by atoms with E-state index in [1.54, 1.807) is 13.0 Å². The Kier molecular flexibility index (Phi) is 2.70. The number of nitrogens with one attached hydrogen (secondary N) is 1. The number of anilines is 1. The summed E-state index contributed by atoms with van der Waals surface area (Å²) in [4.78, 5) is 16.5. The third-order valence-electron chi connectivity index (χ3n) is 3.02. The summed E-state index contributed by atoms with van der Waals surface area (Å²) < 4.78 is 5.35. The van der Waals surface area contributed by atoms with E-state index in [1.807, 2.05) is 12.3 Å². The van der Waals surface area contributed by atoms with Gasteiger partial charge in [-0.05, 0) is 32.8 Å². The fourth-order valence-electron chi connectivity index (χ4n) is 1.93. The number of rotatable bonds is 3. The van der Waals surface area contributed by atoms with E-state index in [-0.39, 0.29) is 5.91 Å². The molecule has 18 heavy (non-hydrogen) atoms. The molecule has 1 saturated carbocycles. The Morgan fingerprint density at radius 2 is 2.28 bits per heavy atom. The number of carbonyl (C=O) groups is 1. The first-order valence-electron chi connectivity index (χ1n) is 5.97. The minimum absolute atomic E-state index is 0.152. The van der Waals surface area contributed by atoms with Crippen LogP contribution in [0.15, 0.2) is 15.9 Å². The number of aromatic nitrogens is 1. The predicted octanol–water partition coefficient (Wildman–Crippen LogP) is 3.48. The highest BCUT2D eigenvalue weighted by Crippen LogP contribution is 2.40. The van der Waals surface area contributed by atoms with Gasteiger partial charge in [-0.1, -0.05) is 0 Å². The van der Waals surface area contributed by atoms with E-state index in [0.717, 1.165) is 11.5 Å². The Hall–Kier alpha value is -1.62. The van der Waals surface area contributed by atoms with Gasteiger partial charge in [0.2, 0.25) is 0 Å². The number of amides is 1. The van der Waals surface area contributed by atoms with Gasteiger partial charge in [0, 0.05) is 11.3 Å². The Labute approximate surface area is 109 Å². The average Bonchev–Trinajstić information content (AvgIpc) is 2.97. The molecule has 0 atom stereocenters. The molecule has 1 amide bonds. The van der Waals surface area contributed by atoms with Crippen molar-refractivity contribution >= 4 is 22.4 Å². The summed E-state index contributed by atoms with van der Waals surface area (Å²) in [7, 11) is 0. The highest BCUT2D eigenvalue weighted by atomic mass is 32.1. The fourth-order valence-corrected chi connectivity index (χ4v) is 2.72. The first-order chi connectivity index (χ1) is 8.63. The van der Waals surface area contributed by atoms with Crippen molar-refractivity contribution in [2.24, 2.45) is 0 Å². The summed E-state index contributed by atoms with van der Waals surface area (Å²) in [5.41, 5.74) is 1.69. The Balaban J connectivity index is 1.74. The quantitative estimate of drug-likeness (QED) is 0.921. The van der Waals surface area contributed by atoms with Gasteiger partial charge in [0.25, 0.3) is 5.91 Å². The number of furan rings is 1. The molecule has 0 aliphatic heterocycles. The third kappa shape index (κ3) is 2.18. The molecular formula is C13H14N2O2S. The molecule has 2 aromatic rings. The van der Waals surface area contributed by atoms with Crippen LogP contribution in [-0.4, -0.2) is 10.9 Å². The van der Waals surface area contributed by atoms with E-state index in [4.69, 9.17) is 4.42 Å². The van der Waals surface area contributed by atoms with Crippen LogP contribution < -0.4 is 5.32 Å².